The van der Waals surface area contributed by atoms with E-state index in [1.165, 1.54) is 6.92 Å². The topological polar surface area (TPSA) is 123 Å². The molecule has 6 aliphatic rings. The Bertz CT molecular complexity index is 1200. The van der Waals surface area contributed by atoms with Gasteiger partial charge < -0.3 is 24.4 Å². The van der Waals surface area contributed by atoms with Crippen LogP contribution in [0.2, 0.25) is 0 Å². The molecular weight excluding hydrogens is 500 g/mol. The first-order valence-electron chi connectivity index (χ1n) is 14.4. The second kappa shape index (κ2) is 7.83. The fourth-order valence-electron chi connectivity index (χ4n) is 9.93. The molecule has 6 rings (SSSR count). The summed E-state index contributed by atoms with van der Waals surface area (Å²) in [6, 6.07) is 0. The lowest BCUT2D eigenvalue weighted by atomic mass is 9.42. The number of ether oxygens (including phenoxy) is 3. The molecule has 11 atom stereocenters. The van der Waals surface area contributed by atoms with Gasteiger partial charge in [-0.2, -0.15) is 0 Å². The summed E-state index contributed by atoms with van der Waals surface area (Å²) in [4.78, 5) is 38.6. The normalized spacial score (nSPS) is 52.1. The zero-order valence-electron chi connectivity index (χ0n) is 23.9. The number of esters is 2. The molecule has 0 amide bonds. The van der Waals surface area contributed by atoms with Crippen LogP contribution in [0.15, 0.2) is 24.3 Å². The summed E-state index contributed by atoms with van der Waals surface area (Å²) in [6.45, 7) is 14.8. The van der Waals surface area contributed by atoms with E-state index in [1.54, 1.807) is 6.08 Å². The lowest BCUT2D eigenvalue weighted by Crippen LogP contribution is -2.71. The highest BCUT2D eigenvalue weighted by Gasteiger charge is 2.83. The van der Waals surface area contributed by atoms with Crippen LogP contribution in [0.5, 0.6) is 0 Å². The second-order valence-corrected chi connectivity index (χ2v) is 14.3. The van der Waals surface area contributed by atoms with Crippen molar-refractivity contribution in [3.63, 3.8) is 0 Å². The zero-order valence-corrected chi connectivity index (χ0v) is 23.9. The number of carbonyl (C=O) groups is 3. The molecule has 0 aromatic carbocycles. The standard InChI is InChI=1S/C31H42O8/c1-16(21-14-26(4,5)17(2)25(34)38-21)29(35)15-24(37-18(3)32)31(36)20-13-23-30(39-23)11-8-9-22(33)28(30,7)19(20)10-12-27(29,31)6/h8-9,16,19-21,23-24,35-36H,2,10-15H2,1,3-7H3/t16-,19+,20-,21-,23-,24+,27-,28+,29-,30-,31-/m1/s1. The monoisotopic (exact) mass is 542 g/mol. The van der Waals surface area contributed by atoms with Crippen LogP contribution < -0.4 is 0 Å². The number of hydrogen-bond donors (Lipinski definition) is 2. The molecule has 8 heteroatoms. The Hall–Kier alpha value is -2.03. The summed E-state index contributed by atoms with van der Waals surface area (Å²) >= 11 is 0. The summed E-state index contributed by atoms with van der Waals surface area (Å²) in [5, 5.41) is 25.6. The van der Waals surface area contributed by atoms with E-state index in [0.717, 1.165) is 0 Å². The molecule has 4 aliphatic carbocycles. The van der Waals surface area contributed by atoms with Gasteiger partial charge in [0.2, 0.25) is 0 Å². The van der Waals surface area contributed by atoms with Crippen LogP contribution in [-0.4, -0.2) is 63.0 Å². The van der Waals surface area contributed by atoms with Crippen LogP contribution in [0.25, 0.3) is 0 Å². The highest BCUT2D eigenvalue weighted by Crippen LogP contribution is 2.75. The van der Waals surface area contributed by atoms with Crippen LogP contribution in [0.1, 0.15) is 80.1 Å². The highest BCUT2D eigenvalue weighted by molar-refractivity contribution is 5.97. The quantitative estimate of drug-likeness (QED) is 0.316. The number of aliphatic hydroxyl groups is 2. The molecule has 0 bridgehead atoms. The minimum Gasteiger partial charge on any atom is -0.459 e. The molecule has 0 aromatic heterocycles. The average Bonchev–Trinajstić information content (AvgIpc) is 3.53. The Morgan fingerprint density at radius 3 is 2.49 bits per heavy atom. The number of cyclic esters (lactones) is 1. The Balaban J connectivity index is 1.43. The molecule has 0 radical (unpaired) electrons. The van der Waals surface area contributed by atoms with Gasteiger partial charge in [0.15, 0.2) is 5.78 Å². The molecule has 2 heterocycles. The summed E-state index contributed by atoms with van der Waals surface area (Å²) < 4.78 is 18.0. The van der Waals surface area contributed by atoms with E-state index >= 15 is 0 Å². The van der Waals surface area contributed by atoms with Crippen LogP contribution >= 0.6 is 0 Å². The first-order valence-corrected chi connectivity index (χ1v) is 14.4. The maximum absolute atomic E-state index is 13.5. The van der Waals surface area contributed by atoms with Crippen molar-refractivity contribution in [3.05, 3.63) is 24.3 Å². The molecule has 2 aliphatic heterocycles. The molecule has 214 valence electrons. The van der Waals surface area contributed by atoms with Crippen molar-refractivity contribution in [1.29, 1.82) is 0 Å². The number of epoxide rings is 1. The Morgan fingerprint density at radius 1 is 1.15 bits per heavy atom. The Morgan fingerprint density at radius 2 is 1.85 bits per heavy atom. The van der Waals surface area contributed by atoms with E-state index in [1.807, 2.05) is 40.7 Å². The Kier molecular flexibility index (Phi) is 5.45. The van der Waals surface area contributed by atoms with Gasteiger partial charge in [0.05, 0.1) is 17.1 Å². The van der Waals surface area contributed by atoms with Crippen molar-refractivity contribution in [1.82, 2.24) is 0 Å². The van der Waals surface area contributed by atoms with Crippen molar-refractivity contribution >= 4 is 17.7 Å². The van der Waals surface area contributed by atoms with Crippen molar-refractivity contribution < 1.29 is 38.8 Å². The van der Waals surface area contributed by atoms with E-state index < -0.39 is 69.0 Å². The van der Waals surface area contributed by atoms with Gasteiger partial charge in [-0.15, -0.1) is 0 Å². The molecule has 8 nitrogen and oxygen atoms in total. The highest BCUT2D eigenvalue weighted by atomic mass is 16.6. The van der Waals surface area contributed by atoms with E-state index in [-0.39, 0.29) is 24.2 Å². The molecule has 0 aromatic rings. The maximum atomic E-state index is 13.5. The van der Waals surface area contributed by atoms with Crippen LogP contribution in [-0.2, 0) is 28.6 Å². The maximum Gasteiger partial charge on any atom is 0.334 e. The first kappa shape index (κ1) is 27.2. The summed E-state index contributed by atoms with van der Waals surface area (Å²) in [7, 11) is 0. The van der Waals surface area contributed by atoms with Crippen molar-refractivity contribution in [2.75, 3.05) is 0 Å². The van der Waals surface area contributed by atoms with Gasteiger partial charge in [-0.1, -0.05) is 40.3 Å². The van der Waals surface area contributed by atoms with Gasteiger partial charge in [-0.3, -0.25) is 9.59 Å². The summed E-state index contributed by atoms with van der Waals surface area (Å²) in [5.41, 5.74) is -5.67. The third-order valence-corrected chi connectivity index (χ3v) is 12.6. The molecule has 5 fully saturated rings. The third kappa shape index (κ3) is 3.03. The van der Waals surface area contributed by atoms with Gasteiger partial charge in [0.25, 0.3) is 0 Å². The van der Waals surface area contributed by atoms with Crippen LogP contribution in [0.4, 0.5) is 0 Å². The first-order chi connectivity index (χ1) is 18.0. The second-order valence-electron chi connectivity index (χ2n) is 14.3. The molecule has 39 heavy (non-hydrogen) atoms. The molecule has 3 saturated carbocycles. The molecule has 2 saturated heterocycles. The van der Waals surface area contributed by atoms with Crippen LogP contribution in [0.3, 0.4) is 0 Å². The van der Waals surface area contributed by atoms with Gasteiger partial charge in [-0.05, 0) is 62.4 Å². The van der Waals surface area contributed by atoms with Crippen molar-refractivity contribution in [2.45, 2.75) is 115 Å². The largest absolute Gasteiger partial charge is 0.459 e. The lowest BCUT2D eigenvalue weighted by Gasteiger charge is -2.62. The van der Waals surface area contributed by atoms with Gasteiger partial charge >= 0.3 is 11.9 Å². The number of ketones is 1. The predicted molar refractivity (Wildman–Crippen MR) is 140 cm³/mol. The predicted octanol–water partition coefficient (Wildman–Crippen LogP) is 3.43. The zero-order chi connectivity index (χ0) is 28.6. The van der Waals surface area contributed by atoms with Gasteiger partial charge in [0.1, 0.15) is 23.4 Å². The number of carbonyl (C=O) groups excluding carboxylic acids is 3. The molecular formula is C31H42O8. The van der Waals surface area contributed by atoms with E-state index in [0.29, 0.717) is 37.7 Å². The summed E-state index contributed by atoms with van der Waals surface area (Å²) in [5.74, 6) is -2.17. The molecule has 0 unspecified atom stereocenters. The average molecular weight is 543 g/mol. The van der Waals surface area contributed by atoms with Gasteiger partial charge in [0, 0.05) is 30.3 Å². The number of fused-ring (bicyclic) bond motifs is 4. The lowest BCUT2D eigenvalue weighted by molar-refractivity contribution is -0.257. The Labute approximate surface area is 230 Å². The van der Waals surface area contributed by atoms with Crippen molar-refractivity contribution in [2.24, 2.45) is 34.0 Å². The summed E-state index contributed by atoms with van der Waals surface area (Å²) in [6.07, 6.45) is 4.51. The fourth-order valence-corrected chi connectivity index (χ4v) is 9.93. The SMILES string of the molecule is C=C1C(=O)O[C@@H]([C@@H](C)[C@]2(O)C[C@H](OC(C)=O)[C@]3(O)[C@@H]4C[C@H]5O[C@]56CC=CC(=O)[C@]6(C)[C@H]4CC[C@@]32C)CC1(C)C. The van der Waals surface area contributed by atoms with Gasteiger partial charge in [-0.25, -0.2) is 4.79 Å². The van der Waals surface area contributed by atoms with E-state index in [9.17, 15) is 24.6 Å². The minimum atomic E-state index is -1.61. The number of rotatable bonds is 3. The molecule has 2 N–H and O–H groups in total. The van der Waals surface area contributed by atoms with E-state index in [2.05, 4.69) is 6.58 Å². The van der Waals surface area contributed by atoms with E-state index in [4.69, 9.17) is 14.2 Å². The van der Waals surface area contributed by atoms with Crippen molar-refractivity contribution in [3.8, 4) is 0 Å². The smallest absolute Gasteiger partial charge is 0.334 e. The molecule has 1 spiro atoms. The third-order valence-electron chi connectivity index (χ3n) is 12.6. The number of hydrogen-bond acceptors (Lipinski definition) is 8. The number of allylic oxidation sites excluding steroid dienone is 1. The fraction of sp³-hybridized carbons (Fsp3) is 0.774. The minimum absolute atomic E-state index is 0.0143. The van der Waals surface area contributed by atoms with Crippen LogP contribution in [0, 0.1) is 34.0 Å².